The smallest absolute Gasteiger partial charge is 0.228 e. The Morgan fingerprint density at radius 3 is 2.68 bits per heavy atom. The fraction of sp³-hybridized carbons (Fsp3) is 0.200. The minimum absolute atomic E-state index is 0.0604. The molecule has 0 atom stereocenters. The number of nitrogens with one attached hydrogen (secondary N) is 2. The second kappa shape index (κ2) is 6.43. The zero-order valence-corrected chi connectivity index (χ0v) is 13.8. The second-order valence-corrected chi connectivity index (χ2v) is 6.28. The molecule has 0 radical (unpaired) electrons. The number of aromatic nitrogens is 1. The Kier molecular flexibility index (Phi) is 3.98. The molecule has 2 heterocycles. The lowest BCUT2D eigenvalue weighted by atomic mass is 10.1. The maximum atomic E-state index is 12.3. The Morgan fingerprint density at radius 1 is 1.12 bits per heavy atom. The number of aromatic amines is 1. The molecule has 1 aliphatic heterocycles. The highest BCUT2D eigenvalue weighted by atomic mass is 16.2. The van der Waals surface area contributed by atoms with Crippen molar-refractivity contribution in [2.75, 3.05) is 16.8 Å². The molecular weight excluding hydrogens is 314 g/mol. The predicted octanol–water partition coefficient (Wildman–Crippen LogP) is 3.48. The first kappa shape index (κ1) is 15.4. The molecule has 0 spiro atoms. The van der Waals surface area contributed by atoms with Crippen molar-refractivity contribution >= 4 is 34.1 Å². The van der Waals surface area contributed by atoms with Crippen molar-refractivity contribution in [3.63, 3.8) is 0 Å². The third-order valence-corrected chi connectivity index (χ3v) is 4.56. The van der Waals surface area contributed by atoms with Gasteiger partial charge in [-0.2, -0.15) is 0 Å². The minimum Gasteiger partial charge on any atom is -0.361 e. The van der Waals surface area contributed by atoms with E-state index in [9.17, 15) is 9.59 Å². The molecule has 25 heavy (non-hydrogen) atoms. The van der Waals surface area contributed by atoms with E-state index in [1.54, 1.807) is 4.90 Å². The van der Waals surface area contributed by atoms with E-state index in [4.69, 9.17) is 0 Å². The van der Waals surface area contributed by atoms with E-state index in [1.165, 1.54) is 0 Å². The maximum Gasteiger partial charge on any atom is 0.228 e. The van der Waals surface area contributed by atoms with Crippen molar-refractivity contribution < 1.29 is 9.59 Å². The highest BCUT2D eigenvalue weighted by Crippen LogP contribution is 2.23. The molecule has 1 saturated heterocycles. The maximum absolute atomic E-state index is 12.3. The van der Waals surface area contributed by atoms with Crippen molar-refractivity contribution in [2.24, 2.45) is 0 Å². The number of hydrogen-bond acceptors (Lipinski definition) is 2. The van der Waals surface area contributed by atoms with Gasteiger partial charge in [0.1, 0.15) is 0 Å². The number of hydrogen-bond donors (Lipinski definition) is 2. The quantitative estimate of drug-likeness (QED) is 0.768. The van der Waals surface area contributed by atoms with Gasteiger partial charge in [-0.25, -0.2) is 0 Å². The summed E-state index contributed by atoms with van der Waals surface area (Å²) in [7, 11) is 0. The molecule has 1 aliphatic rings. The van der Waals surface area contributed by atoms with Crippen molar-refractivity contribution in [1.82, 2.24) is 4.98 Å². The van der Waals surface area contributed by atoms with Crippen LogP contribution in [-0.2, 0) is 16.0 Å². The fourth-order valence-electron chi connectivity index (χ4n) is 3.30. The van der Waals surface area contributed by atoms with E-state index >= 15 is 0 Å². The van der Waals surface area contributed by atoms with Crippen LogP contribution in [0, 0.1) is 0 Å². The van der Waals surface area contributed by atoms with Crippen LogP contribution in [0.1, 0.15) is 18.4 Å². The predicted molar refractivity (Wildman–Crippen MR) is 98.7 cm³/mol. The molecule has 126 valence electrons. The van der Waals surface area contributed by atoms with Crippen LogP contribution in [0.2, 0.25) is 0 Å². The summed E-state index contributed by atoms with van der Waals surface area (Å²) in [6.07, 6.45) is 3.72. The standard InChI is InChI=1S/C20H19N3O2/c24-19(12-14-13-21-18-5-2-1-4-17(14)18)22-15-7-9-16(10-8-15)23-11-3-6-20(23)25/h1-2,4-5,7-10,13,21H,3,6,11-12H2,(H,22,24). The highest BCUT2D eigenvalue weighted by molar-refractivity contribution is 5.97. The summed E-state index contributed by atoms with van der Waals surface area (Å²) in [6, 6.07) is 15.4. The van der Waals surface area contributed by atoms with Gasteiger partial charge in [0.05, 0.1) is 6.42 Å². The molecule has 0 unspecified atom stereocenters. The Bertz CT molecular complexity index is 928. The molecule has 0 bridgehead atoms. The van der Waals surface area contributed by atoms with Crippen molar-refractivity contribution in [3.8, 4) is 0 Å². The van der Waals surface area contributed by atoms with Crippen LogP contribution in [0.15, 0.2) is 54.7 Å². The van der Waals surface area contributed by atoms with Gasteiger partial charge in [-0.1, -0.05) is 18.2 Å². The Labute approximate surface area is 145 Å². The summed E-state index contributed by atoms with van der Waals surface area (Å²) in [5.74, 6) is 0.103. The summed E-state index contributed by atoms with van der Waals surface area (Å²) < 4.78 is 0. The summed E-state index contributed by atoms with van der Waals surface area (Å²) in [4.78, 5) is 29.1. The Morgan fingerprint density at radius 2 is 1.92 bits per heavy atom. The number of fused-ring (bicyclic) bond motifs is 1. The number of amides is 2. The number of carbonyl (C=O) groups excluding carboxylic acids is 2. The van der Waals surface area contributed by atoms with Gasteiger partial charge in [0, 0.05) is 41.4 Å². The molecule has 2 N–H and O–H groups in total. The van der Waals surface area contributed by atoms with Crippen LogP contribution in [-0.4, -0.2) is 23.3 Å². The number of anilines is 2. The number of rotatable bonds is 4. The first-order valence-electron chi connectivity index (χ1n) is 8.46. The number of carbonyl (C=O) groups is 2. The summed E-state index contributed by atoms with van der Waals surface area (Å²) >= 11 is 0. The number of para-hydroxylation sites is 1. The van der Waals surface area contributed by atoms with E-state index in [0.29, 0.717) is 12.8 Å². The normalized spacial score (nSPS) is 14.2. The van der Waals surface area contributed by atoms with E-state index in [1.807, 2.05) is 54.7 Å². The number of benzene rings is 2. The van der Waals surface area contributed by atoms with Crippen LogP contribution in [0.3, 0.4) is 0 Å². The van der Waals surface area contributed by atoms with Crippen molar-refractivity contribution in [2.45, 2.75) is 19.3 Å². The lowest BCUT2D eigenvalue weighted by Gasteiger charge is -2.16. The largest absolute Gasteiger partial charge is 0.361 e. The van der Waals surface area contributed by atoms with Gasteiger partial charge >= 0.3 is 0 Å². The molecule has 0 saturated carbocycles. The zero-order chi connectivity index (χ0) is 17.2. The molecule has 2 aromatic carbocycles. The van der Waals surface area contributed by atoms with E-state index in [0.717, 1.165) is 40.8 Å². The molecule has 5 nitrogen and oxygen atoms in total. The summed E-state index contributed by atoms with van der Waals surface area (Å²) in [5, 5.41) is 3.99. The molecule has 1 fully saturated rings. The second-order valence-electron chi connectivity index (χ2n) is 6.28. The zero-order valence-electron chi connectivity index (χ0n) is 13.8. The van der Waals surface area contributed by atoms with Gasteiger partial charge in [0.2, 0.25) is 11.8 Å². The van der Waals surface area contributed by atoms with Gasteiger partial charge < -0.3 is 15.2 Å². The molecule has 5 heteroatoms. The van der Waals surface area contributed by atoms with Gasteiger partial charge in [0.15, 0.2) is 0 Å². The van der Waals surface area contributed by atoms with Gasteiger partial charge in [-0.05, 0) is 42.3 Å². The van der Waals surface area contributed by atoms with E-state index < -0.39 is 0 Å². The average molecular weight is 333 g/mol. The van der Waals surface area contributed by atoms with Gasteiger partial charge in [-0.15, -0.1) is 0 Å². The highest BCUT2D eigenvalue weighted by Gasteiger charge is 2.21. The van der Waals surface area contributed by atoms with E-state index in [2.05, 4.69) is 10.3 Å². The molecule has 3 aromatic rings. The Balaban J connectivity index is 1.43. The molecule has 2 amide bonds. The molecule has 4 rings (SSSR count). The van der Waals surface area contributed by atoms with Crippen LogP contribution in [0.25, 0.3) is 10.9 Å². The van der Waals surface area contributed by atoms with E-state index in [-0.39, 0.29) is 11.8 Å². The van der Waals surface area contributed by atoms with Crippen LogP contribution in [0.5, 0.6) is 0 Å². The van der Waals surface area contributed by atoms with Crippen LogP contribution < -0.4 is 10.2 Å². The molecule has 1 aromatic heterocycles. The van der Waals surface area contributed by atoms with Crippen LogP contribution in [0.4, 0.5) is 11.4 Å². The lowest BCUT2D eigenvalue weighted by Crippen LogP contribution is -2.23. The fourth-order valence-corrected chi connectivity index (χ4v) is 3.30. The average Bonchev–Trinajstić information content (AvgIpc) is 3.22. The van der Waals surface area contributed by atoms with Gasteiger partial charge in [-0.3, -0.25) is 9.59 Å². The third kappa shape index (κ3) is 3.13. The SMILES string of the molecule is O=C(Cc1c[nH]c2ccccc12)Nc1ccc(N2CCCC2=O)cc1. The lowest BCUT2D eigenvalue weighted by molar-refractivity contribution is -0.117. The summed E-state index contributed by atoms with van der Waals surface area (Å²) in [5.41, 5.74) is 3.63. The van der Waals surface area contributed by atoms with Gasteiger partial charge in [0.25, 0.3) is 0 Å². The summed E-state index contributed by atoms with van der Waals surface area (Å²) in [6.45, 7) is 0.769. The van der Waals surface area contributed by atoms with Crippen molar-refractivity contribution in [1.29, 1.82) is 0 Å². The first-order chi connectivity index (χ1) is 12.2. The molecular formula is C20H19N3O2. The Hall–Kier alpha value is -3.08. The van der Waals surface area contributed by atoms with Crippen LogP contribution >= 0.6 is 0 Å². The third-order valence-electron chi connectivity index (χ3n) is 4.56. The first-order valence-corrected chi connectivity index (χ1v) is 8.46. The molecule has 0 aliphatic carbocycles. The number of H-pyrrole nitrogens is 1. The van der Waals surface area contributed by atoms with Crippen molar-refractivity contribution in [3.05, 3.63) is 60.3 Å². The topological polar surface area (TPSA) is 65.2 Å². The number of nitrogens with zero attached hydrogens (tertiary/aromatic N) is 1. The minimum atomic E-state index is -0.0604. The monoisotopic (exact) mass is 333 g/mol.